The Kier molecular flexibility index (Phi) is 4.43. The summed E-state index contributed by atoms with van der Waals surface area (Å²) in [5, 5.41) is 11.1. The van der Waals surface area contributed by atoms with Gasteiger partial charge in [-0.05, 0) is 36.6 Å². The fourth-order valence-corrected chi connectivity index (χ4v) is 3.23. The van der Waals surface area contributed by atoms with Crippen molar-refractivity contribution in [1.29, 1.82) is 0 Å². The Bertz CT molecular complexity index is 723. The lowest BCUT2D eigenvalue weighted by molar-refractivity contribution is 0.100. The molecule has 1 aromatic carbocycles. The van der Waals surface area contributed by atoms with Gasteiger partial charge in [-0.25, -0.2) is 4.39 Å². The third kappa shape index (κ3) is 3.42. The summed E-state index contributed by atoms with van der Waals surface area (Å²) in [4.78, 5) is 11.6. The zero-order valence-electron chi connectivity index (χ0n) is 12.3. The van der Waals surface area contributed by atoms with Crippen LogP contribution in [0.3, 0.4) is 0 Å². The maximum Gasteiger partial charge on any atom is 0.252 e. The number of aromatic nitrogens is 2. The van der Waals surface area contributed by atoms with Crippen molar-refractivity contribution >= 4 is 23.3 Å². The quantitative estimate of drug-likeness (QED) is 0.900. The summed E-state index contributed by atoms with van der Waals surface area (Å²) in [5.41, 5.74) is 6.65. The van der Waals surface area contributed by atoms with Crippen LogP contribution in [0.2, 0.25) is 5.15 Å². The van der Waals surface area contributed by atoms with Gasteiger partial charge in [0.25, 0.3) is 5.91 Å². The zero-order valence-corrected chi connectivity index (χ0v) is 13.1. The average molecular weight is 335 g/mol. The second-order valence-corrected chi connectivity index (χ2v) is 6.02. The molecule has 3 rings (SSSR count). The van der Waals surface area contributed by atoms with E-state index < -0.39 is 5.91 Å². The first kappa shape index (κ1) is 15.7. The van der Waals surface area contributed by atoms with Crippen LogP contribution in [0.15, 0.2) is 30.3 Å². The third-order valence-corrected chi connectivity index (χ3v) is 4.35. The highest BCUT2D eigenvalue weighted by atomic mass is 35.5. The van der Waals surface area contributed by atoms with Crippen LogP contribution in [0, 0.1) is 5.82 Å². The van der Waals surface area contributed by atoms with Crippen LogP contribution in [0.5, 0.6) is 0 Å². The molecule has 1 amide bonds. The Morgan fingerprint density at radius 2 is 2.00 bits per heavy atom. The highest BCUT2D eigenvalue weighted by molar-refractivity contribution is 6.29. The summed E-state index contributed by atoms with van der Waals surface area (Å²) in [5.74, 6) is -0.314. The van der Waals surface area contributed by atoms with Crippen molar-refractivity contribution in [2.75, 3.05) is 5.32 Å². The van der Waals surface area contributed by atoms with Gasteiger partial charge in [-0.3, -0.25) is 4.79 Å². The fourth-order valence-electron chi connectivity index (χ4n) is 3.08. The molecule has 1 aromatic heterocycles. The van der Waals surface area contributed by atoms with Crippen molar-refractivity contribution < 1.29 is 9.18 Å². The van der Waals surface area contributed by atoms with Crippen molar-refractivity contribution in [1.82, 2.24) is 10.2 Å². The van der Waals surface area contributed by atoms with Crippen LogP contribution in [-0.4, -0.2) is 22.1 Å². The number of amides is 1. The zero-order chi connectivity index (χ0) is 16.4. The molecule has 120 valence electrons. The van der Waals surface area contributed by atoms with Gasteiger partial charge >= 0.3 is 0 Å². The van der Waals surface area contributed by atoms with Gasteiger partial charge in [0.2, 0.25) is 0 Å². The standard InChI is InChI=1S/C16H16ClFN4O/c17-14-8-12(15(19)23)16(22-21-14)20-13-3-1-2-11(13)9-4-6-10(18)7-5-9/h4-8,11,13H,1-3H2,(H2,19,23)(H,20,22). The van der Waals surface area contributed by atoms with E-state index in [0.717, 1.165) is 24.8 Å². The van der Waals surface area contributed by atoms with Crippen molar-refractivity contribution in [3.05, 3.63) is 52.4 Å². The highest BCUT2D eigenvalue weighted by Crippen LogP contribution is 2.36. The first-order valence-electron chi connectivity index (χ1n) is 7.39. The number of primary amides is 1. The second kappa shape index (κ2) is 6.50. The molecular weight excluding hydrogens is 319 g/mol. The highest BCUT2D eigenvalue weighted by Gasteiger charge is 2.30. The Labute approximate surface area is 138 Å². The molecule has 2 aromatic rings. The van der Waals surface area contributed by atoms with Crippen LogP contribution >= 0.6 is 11.6 Å². The number of hydrogen-bond acceptors (Lipinski definition) is 4. The molecular formula is C16H16ClFN4O. The number of anilines is 1. The van der Waals surface area contributed by atoms with E-state index in [1.807, 2.05) is 0 Å². The van der Waals surface area contributed by atoms with Crippen molar-refractivity contribution in [3.8, 4) is 0 Å². The number of halogens is 2. The maximum atomic E-state index is 13.1. The molecule has 3 N–H and O–H groups in total. The van der Waals surface area contributed by atoms with Gasteiger partial charge in [-0.15, -0.1) is 10.2 Å². The van der Waals surface area contributed by atoms with Crippen LogP contribution in [0.1, 0.15) is 41.1 Å². The van der Waals surface area contributed by atoms with Crippen molar-refractivity contribution in [3.63, 3.8) is 0 Å². The number of hydrogen-bond donors (Lipinski definition) is 2. The second-order valence-electron chi connectivity index (χ2n) is 5.63. The molecule has 0 saturated heterocycles. The summed E-state index contributed by atoms with van der Waals surface area (Å²) in [6.45, 7) is 0. The smallest absolute Gasteiger partial charge is 0.252 e. The lowest BCUT2D eigenvalue weighted by atomic mass is 9.94. The van der Waals surface area contributed by atoms with Gasteiger partial charge in [-0.1, -0.05) is 30.2 Å². The molecule has 0 spiro atoms. The van der Waals surface area contributed by atoms with Crippen molar-refractivity contribution in [2.45, 2.75) is 31.2 Å². The summed E-state index contributed by atoms with van der Waals surface area (Å²) < 4.78 is 13.1. The molecule has 2 atom stereocenters. The van der Waals surface area contributed by atoms with E-state index in [1.54, 1.807) is 12.1 Å². The van der Waals surface area contributed by atoms with E-state index in [9.17, 15) is 9.18 Å². The van der Waals surface area contributed by atoms with Gasteiger partial charge in [0.05, 0.1) is 5.56 Å². The van der Waals surface area contributed by atoms with E-state index in [2.05, 4.69) is 15.5 Å². The van der Waals surface area contributed by atoms with E-state index >= 15 is 0 Å². The third-order valence-electron chi connectivity index (χ3n) is 4.17. The number of nitrogens with two attached hydrogens (primary N) is 1. The molecule has 7 heteroatoms. The van der Waals surface area contributed by atoms with Crippen molar-refractivity contribution in [2.24, 2.45) is 5.73 Å². The number of carbonyl (C=O) groups is 1. The van der Waals surface area contributed by atoms with E-state index in [-0.39, 0.29) is 28.5 Å². The normalized spacial score (nSPS) is 20.4. The number of carbonyl (C=O) groups excluding carboxylic acids is 1. The summed E-state index contributed by atoms with van der Waals surface area (Å²) in [6, 6.07) is 7.99. The minimum atomic E-state index is -0.611. The van der Waals surface area contributed by atoms with E-state index in [0.29, 0.717) is 5.82 Å². The first-order chi connectivity index (χ1) is 11.0. The van der Waals surface area contributed by atoms with Gasteiger partial charge < -0.3 is 11.1 Å². The predicted octanol–water partition coefficient (Wildman–Crippen LogP) is 3.12. The van der Waals surface area contributed by atoms with Gasteiger partial charge in [0.1, 0.15) is 5.82 Å². The first-order valence-corrected chi connectivity index (χ1v) is 7.77. The monoisotopic (exact) mass is 334 g/mol. The molecule has 1 aliphatic carbocycles. The number of nitrogens with one attached hydrogen (secondary N) is 1. The largest absolute Gasteiger partial charge is 0.365 e. The molecule has 0 aliphatic heterocycles. The molecule has 1 heterocycles. The fraction of sp³-hybridized carbons (Fsp3) is 0.312. The molecule has 23 heavy (non-hydrogen) atoms. The molecule has 1 fully saturated rings. The van der Waals surface area contributed by atoms with Crippen LogP contribution < -0.4 is 11.1 Å². The van der Waals surface area contributed by atoms with Crippen LogP contribution in [0.4, 0.5) is 10.2 Å². The SMILES string of the molecule is NC(=O)c1cc(Cl)nnc1NC1CCCC1c1ccc(F)cc1. The molecule has 2 unspecified atom stereocenters. The topological polar surface area (TPSA) is 80.9 Å². The summed E-state index contributed by atoms with van der Waals surface area (Å²) in [6.07, 6.45) is 2.94. The maximum absolute atomic E-state index is 13.1. The lowest BCUT2D eigenvalue weighted by Crippen LogP contribution is -2.26. The summed E-state index contributed by atoms with van der Waals surface area (Å²) in [7, 11) is 0. The number of rotatable bonds is 4. The molecule has 5 nitrogen and oxygen atoms in total. The Hall–Kier alpha value is -2.21. The number of benzene rings is 1. The van der Waals surface area contributed by atoms with Gasteiger partial charge in [0, 0.05) is 12.0 Å². The predicted molar refractivity (Wildman–Crippen MR) is 86.0 cm³/mol. The molecule has 1 aliphatic rings. The minimum Gasteiger partial charge on any atom is -0.365 e. The Morgan fingerprint density at radius 3 is 2.70 bits per heavy atom. The van der Waals surface area contributed by atoms with E-state index in [4.69, 9.17) is 17.3 Å². The average Bonchev–Trinajstić information content (AvgIpc) is 2.98. The Morgan fingerprint density at radius 1 is 1.26 bits per heavy atom. The van der Waals surface area contributed by atoms with E-state index in [1.165, 1.54) is 18.2 Å². The van der Waals surface area contributed by atoms with Gasteiger partial charge in [-0.2, -0.15) is 0 Å². The number of nitrogens with zero attached hydrogens (tertiary/aromatic N) is 2. The molecule has 0 bridgehead atoms. The lowest BCUT2D eigenvalue weighted by Gasteiger charge is -2.22. The molecule has 0 radical (unpaired) electrons. The Balaban J connectivity index is 1.84. The van der Waals surface area contributed by atoms with Crippen LogP contribution in [-0.2, 0) is 0 Å². The minimum absolute atomic E-state index is 0.0778. The van der Waals surface area contributed by atoms with Crippen LogP contribution in [0.25, 0.3) is 0 Å². The van der Waals surface area contributed by atoms with Gasteiger partial charge in [0.15, 0.2) is 11.0 Å². The molecule has 1 saturated carbocycles. The summed E-state index contributed by atoms with van der Waals surface area (Å²) >= 11 is 5.77.